The molecule has 0 unspecified atom stereocenters. The molecule has 3 aromatic heterocycles. The van der Waals surface area contributed by atoms with Gasteiger partial charge in [0.25, 0.3) is 0 Å². The Morgan fingerprint density at radius 3 is 2.69 bits per heavy atom. The van der Waals surface area contributed by atoms with Crippen LogP contribution >= 0.6 is 0 Å². The maximum atomic E-state index is 13.3. The number of hydrogen-bond donors (Lipinski definition) is 1. The van der Waals surface area contributed by atoms with Gasteiger partial charge in [-0.2, -0.15) is 18.4 Å². The van der Waals surface area contributed by atoms with E-state index < -0.39 is 11.9 Å². The molecule has 0 saturated heterocycles. The van der Waals surface area contributed by atoms with E-state index in [9.17, 15) is 13.2 Å². The molecule has 0 aromatic carbocycles. The zero-order chi connectivity index (χ0) is 18.7. The Bertz CT molecular complexity index is 851. The first kappa shape index (κ1) is 17.7. The van der Waals surface area contributed by atoms with Gasteiger partial charge in [-0.3, -0.25) is 4.98 Å². The Labute approximate surface area is 146 Å². The Hall–Kier alpha value is -3.11. The maximum Gasteiger partial charge on any atom is 0.433 e. The molecule has 0 aliphatic rings. The highest BCUT2D eigenvalue weighted by Crippen LogP contribution is 2.31. The molecule has 0 radical (unpaired) electrons. The lowest BCUT2D eigenvalue weighted by molar-refractivity contribution is -0.141. The summed E-state index contributed by atoms with van der Waals surface area (Å²) < 4.78 is 39.8. The third-order valence-electron chi connectivity index (χ3n) is 3.66. The first-order valence-electron chi connectivity index (χ1n) is 7.65. The van der Waals surface area contributed by atoms with Gasteiger partial charge in [-0.05, 0) is 12.1 Å². The van der Waals surface area contributed by atoms with Crippen LogP contribution in [0.1, 0.15) is 24.4 Å². The summed E-state index contributed by atoms with van der Waals surface area (Å²) in [5.74, 6) is 0.405. The lowest BCUT2D eigenvalue weighted by atomic mass is 10.1. The molecule has 26 heavy (non-hydrogen) atoms. The summed E-state index contributed by atoms with van der Waals surface area (Å²) in [5, 5.41) is 13.6. The number of hydrogen-bond acceptors (Lipinski definition) is 7. The number of likely N-dealkylation sites (N-methyl/N-ethyl adjacent to an activating group) is 1. The third-order valence-corrected chi connectivity index (χ3v) is 3.66. The second-order valence-corrected chi connectivity index (χ2v) is 5.73. The SMILES string of the molecule is C[C@H](CN(C)c1cc(C(F)(F)F)nc(-c2cccnc2)n1)c1nn[nH]n1. The lowest BCUT2D eigenvalue weighted by Gasteiger charge is -2.22. The number of anilines is 1. The Morgan fingerprint density at radius 1 is 1.27 bits per heavy atom. The quantitative estimate of drug-likeness (QED) is 0.742. The summed E-state index contributed by atoms with van der Waals surface area (Å²) in [5.41, 5.74) is -0.611. The fourth-order valence-electron chi connectivity index (χ4n) is 2.36. The van der Waals surface area contributed by atoms with Crippen molar-refractivity contribution >= 4 is 5.82 Å². The number of tetrazole rings is 1. The van der Waals surface area contributed by atoms with Crippen LogP contribution in [0.3, 0.4) is 0 Å². The fourth-order valence-corrected chi connectivity index (χ4v) is 2.36. The van der Waals surface area contributed by atoms with Crippen molar-refractivity contribution in [1.29, 1.82) is 0 Å². The minimum atomic E-state index is -4.59. The molecule has 0 bridgehead atoms. The fraction of sp³-hybridized carbons (Fsp3) is 0.333. The van der Waals surface area contributed by atoms with Crippen molar-refractivity contribution in [3.63, 3.8) is 0 Å². The molecule has 3 aromatic rings. The van der Waals surface area contributed by atoms with Crippen molar-refractivity contribution in [2.75, 3.05) is 18.5 Å². The third kappa shape index (κ3) is 3.92. The van der Waals surface area contributed by atoms with Crippen LogP contribution in [0.2, 0.25) is 0 Å². The number of H-pyrrole nitrogens is 1. The molecular formula is C15H15F3N8. The highest BCUT2D eigenvalue weighted by molar-refractivity contribution is 5.57. The Balaban J connectivity index is 1.95. The van der Waals surface area contributed by atoms with Crippen LogP contribution in [0.4, 0.5) is 19.0 Å². The van der Waals surface area contributed by atoms with Crippen molar-refractivity contribution in [3.8, 4) is 11.4 Å². The van der Waals surface area contributed by atoms with Gasteiger partial charge in [0.1, 0.15) is 5.82 Å². The van der Waals surface area contributed by atoms with Crippen LogP contribution in [0, 0.1) is 0 Å². The van der Waals surface area contributed by atoms with Crippen LogP contribution in [-0.2, 0) is 6.18 Å². The first-order chi connectivity index (χ1) is 12.3. The number of nitrogens with zero attached hydrogens (tertiary/aromatic N) is 7. The van der Waals surface area contributed by atoms with Gasteiger partial charge in [0.2, 0.25) is 0 Å². The largest absolute Gasteiger partial charge is 0.433 e. The van der Waals surface area contributed by atoms with Crippen LogP contribution < -0.4 is 4.90 Å². The number of aromatic nitrogens is 7. The van der Waals surface area contributed by atoms with Crippen LogP contribution in [0.25, 0.3) is 11.4 Å². The summed E-state index contributed by atoms with van der Waals surface area (Å²) >= 11 is 0. The average molecular weight is 364 g/mol. The maximum absolute atomic E-state index is 13.3. The van der Waals surface area contributed by atoms with Crippen molar-refractivity contribution in [1.82, 2.24) is 35.6 Å². The molecule has 0 fully saturated rings. The van der Waals surface area contributed by atoms with Crippen molar-refractivity contribution in [2.45, 2.75) is 19.0 Å². The van der Waals surface area contributed by atoms with Crippen LogP contribution in [0.15, 0.2) is 30.6 Å². The monoisotopic (exact) mass is 364 g/mol. The van der Waals surface area contributed by atoms with Gasteiger partial charge < -0.3 is 4.90 Å². The van der Waals surface area contributed by atoms with Crippen molar-refractivity contribution in [3.05, 3.63) is 42.1 Å². The van der Waals surface area contributed by atoms with Crippen molar-refractivity contribution < 1.29 is 13.2 Å². The minimum absolute atomic E-state index is 0.0398. The predicted octanol–water partition coefficient (Wildman–Crippen LogP) is 2.31. The van der Waals surface area contributed by atoms with Gasteiger partial charge in [-0.1, -0.05) is 12.1 Å². The zero-order valence-corrected chi connectivity index (χ0v) is 13.9. The molecule has 3 rings (SSSR count). The van der Waals surface area contributed by atoms with E-state index in [0.29, 0.717) is 17.9 Å². The minimum Gasteiger partial charge on any atom is -0.359 e. The number of rotatable bonds is 5. The molecule has 3 heterocycles. The smallest absolute Gasteiger partial charge is 0.359 e. The van der Waals surface area contributed by atoms with Gasteiger partial charge in [0.15, 0.2) is 17.3 Å². The molecule has 0 saturated carbocycles. The van der Waals surface area contributed by atoms with Gasteiger partial charge in [-0.25, -0.2) is 9.97 Å². The number of halogens is 3. The molecule has 0 spiro atoms. The standard InChI is InChI=1S/C15H15F3N8/c1-9(13-22-24-25-23-13)8-26(2)12-6-11(15(16,17)18)20-14(21-12)10-4-3-5-19-7-10/h3-7,9H,8H2,1-2H3,(H,22,23,24,25)/t9-/m1/s1. The normalized spacial score (nSPS) is 12.8. The molecule has 1 N–H and O–H groups in total. The second-order valence-electron chi connectivity index (χ2n) is 5.73. The Kier molecular flexibility index (Phi) is 4.78. The van der Waals surface area contributed by atoms with Gasteiger partial charge in [0, 0.05) is 43.5 Å². The van der Waals surface area contributed by atoms with E-state index in [1.807, 2.05) is 6.92 Å². The van der Waals surface area contributed by atoms with E-state index >= 15 is 0 Å². The molecule has 0 amide bonds. The average Bonchev–Trinajstić information content (AvgIpc) is 3.16. The molecule has 1 atom stereocenters. The number of aromatic amines is 1. The highest BCUT2D eigenvalue weighted by Gasteiger charge is 2.34. The topological polar surface area (TPSA) is 96.4 Å². The van der Waals surface area contributed by atoms with Crippen molar-refractivity contribution in [2.24, 2.45) is 0 Å². The molecule has 0 aliphatic heterocycles. The number of nitrogens with one attached hydrogen (secondary N) is 1. The van der Waals surface area contributed by atoms with Gasteiger partial charge in [0.05, 0.1) is 0 Å². The number of pyridine rings is 1. The molecule has 0 aliphatic carbocycles. The lowest BCUT2D eigenvalue weighted by Crippen LogP contribution is -2.25. The second kappa shape index (κ2) is 7.02. The molecule has 136 valence electrons. The summed E-state index contributed by atoms with van der Waals surface area (Å²) in [6, 6.07) is 4.14. The van der Waals surface area contributed by atoms with Crippen LogP contribution in [0.5, 0.6) is 0 Å². The predicted molar refractivity (Wildman–Crippen MR) is 86.1 cm³/mol. The number of alkyl halides is 3. The van der Waals surface area contributed by atoms with Crippen LogP contribution in [-0.4, -0.2) is 49.2 Å². The molecule has 11 heteroatoms. The molecule has 8 nitrogen and oxygen atoms in total. The summed E-state index contributed by atoms with van der Waals surface area (Å²) in [6.45, 7) is 2.19. The summed E-state index contributed by atoms with van der Waals surface area (Å²) in [7, 11) is 1.64. The highest BCUT2D eigenvalue weighted by atomic mass is 19.4. The Morgan fingerprint density at radius 2 is 2.08 bits per heavy atom. The first-order valence-corrected chi connectivity index (χ1v) is 7.65. The zero-order valence-electron chi connectivity index (χ0n) is 13.9. The van der Waals surface area contributed by atoms with E-state index in [2.05, 4.69) is 35.6 Å². The van der Waals surface area contributed by atoms with Gasteiger partial charge in [-0.15, -0.1) is 10.2 Å². The summed E-state index contributed by atoms with van der Waals surface area (Å²) in [6.07, 6.45) is -1.65. The van der Waals surface area contributed by atoms with E-state index in [1.165, 1.54) is 12.4 Å². The summed E-state index contributed by atoms with van der Waals surface area (Å²) in [4.78, 5) is 13.4. The van der Waals surface area contributed by atoms with E-state index in [-0.39, 0.29) is 17.6 Å². The van der Waals surface area contributed by atoms with E-state index in [4.69, 9.17) is 0 Å². The van der Waals surface area contributed by atoms with E-state index in [0.717, 1.165) is 6.07 Å². The van der Waals surface area contributed by atoms with E-state index in [1.54, 1.807) is 24.1 Å². The van der Waals surface area contributed by atoms with Gasteiger partial charge >= 0.3 is 6.18 Å². The molecular weight excluding hydrogens is 349 g/mol.